The molecule has 1 heterocycles. The quantitative estimate of drug-likeness (QED) is 0.178. The van der Waals surface area contributed by atoms with Crippen LogP contribution in [0.4, 0.5) is 0 Å². The van der Waals surface area contributed by atoms with Crippen LogP contribution in [0.3, 0.4) is 0 Å². The number of amides is 1. The summed E-state index contributed by atoms with van der Waals surface area (Å²) in [7, 11) is 0. The number of rotatable bonds is 14. The number of epoxide rings is 1. The lowest BCUT2D eigenvalue weighted by atomic mass is 10.0. The van der Waals surface area contributed by atoms with Crippen LogP contribution in [-0.4, -0.2) is 41.1 Å². The molecule has 27 heavy (non-hydrogen) atoms. The highest BCUT2D eigenvalue weighted by Crippen LogP contribution is 2.32. The molecule has 1 aliphatic heterocycles. The van der Waals surface area contributed by atoms with E-state index in [4.69, 9.17) is 9.47 Å². The van der Waals surface area contributed by atoms with Crippen molar-refractivity contribution >= 4 is 27.8 Å². The van der Waals surface area contributed by atoms with E-state index in [-0.39, 0.29) is 29.6 Å². The van der Waals surface area contributed by atoms with E-state index in [9.17, 15) is 9.59 Å². The van der Waals surface area contributed by atoms with Crippen LogP contribution in [0.25, 0.3) is 0 Å². The van der Waals surface area contributed by atoms with Crippen molar-refractivity contribution in [1.29, 1.82) is 0 Å². The van der Waals surface area contributed by atoms with Crippen molar-refractivity contribution < 1.29 is 19.1 Å². The summed E-state index contributed by atoms with van der Waals surface area (Å²) < 4.78 is 11.3. The number of halogens is 1. The second-order valence-electron chi connectivity index (χ2n) is 8.49. The van der Waals surface area contributed by atoms with Gasteiger partial charge in [0.15, 0.2) is 0 Å². The molecular formula is C21H38BrNO4. The van der Waals surface area contributed by atoms with Gasteiger partial charge >= 0.3 is 5.97 Å². The normalized spacial score (nSPS) is 20.2. The van der Waals surface area contributed by atoms with Gasteiger partial charge in [0.05, 0.1) is 6.10 Å². The van der Waals surface area contributed by atoms with Crippen LogP contribution in [0, 0.1) is 0 Å². The lowest BCUT2D eigenvalue weighted by molar-refractivity contribution is -0.157. The Kier molecular flexibility index (Phi) is 11.5. The zero-order chi connectivity index (χ0) is 20.3. The van der Waals surface area contributed by atoms with Crippen molar-refractivity contribution in [3.05, 3.63) is 0 Å². The predicted molar refractivity (Wildman–Crippen MR) is 112 cm³/mol. The average Bonchev–Trinajstić information content (AvgIpc) is 3.34. The van der Waals surface area contributed by atoms with Crippen molar-refractivity contribution in [3.8, 4) is 0 Å². The van der Waals surface area contributed by atoms with Gasteiger partial charge in [0.1, 0.15) is 6.10 Å². The van der Waals surface area contributed by atoms with Gasteiger partial charge in [0.25, 0.3) is 5.91 Å². The molecule has 0 radical (unpaired) electrons. The smallest absolute Gasteiger partial charge is 0.306 e. The predicted octanol–water partition coefficient (Wildman–Crippen LogP) is 4.90. The number of hydrogen-bond acceptors (Lipinski definition) is 4. The van der Waals surface area contributed by atoms with Gasteiger partial charge in [-0.3, -0.25) is 9.59 Å². The van der Waals surface area contributed by atoms with Gasteiger partial charge in [-0.25, -0.2) is 0 Å². The van der Waals surface area contributed by atoms with Crippen LogP contribution in [0.15, 0.2) is 0 Å². The first-order chi connectivity index (χ1) is 12.8. The molecule has 0 aromatic rings. The summed E-state index contributed by atoms with van der Waals surface area (Å²) in [5.41, 5.74) is -0.373. The maximum absolute atomic E-state index is 12.6. The topological polar surface area (TPSA) is 67.9 Å². The summed E-state index contributed by atoms with van der Waals surface area (Å²) in [5.74, 6) is -0.564. The van der Waals surface area contributed by atoms with Crippen molar-refractivity contribution in [3.63, 3.8) is 0 Å². The minimum Gasteiger partial charge on any atom is -0.449 e. The number of carbonyl (C=O) groups is 2. The first kappa shape index (κ1) is 24.4. The van der Waals surface area contributed by atoms with Crippen LogP contribution in [0.2, 0.25) is 0 Å². The van der Waals surface area contributed by atoms with Crippen LogP contribution < -0.4 is 5.32 Å². The summed E-state index contributed by atoms with van der Waals surface area (Å²) in [6, 6.07) is 0. The van der Waals surface area contributed by atoms with Gasteiger partial charge in [-0.05, 0) is 40.0 Å². The fourth-order valence-corrected chi connectivity index (χ4v) is 3.45. The SMILES string of the molecule is CCCCCCC[C@H]1O[C@@H]1C(OC(=O)CCCCCBr)C(=O)NC(C)(C)C. The second kappa shape index (κ2) is 12.8. The number of carbonyl (C=O) groups excluding carboxylic acids is 2. The van der Waals surface area contributed by atoms with Crippen LogP contribution in [0.1, 0.15) is 91.9 Å². The molecule has 1 amide bonds. The molecule has 0 saturated carbocycles. The van der Waals surface area contributed by atoms with Crippen LogP contribution >= 0.6 is 15.9 Å². The Morgan fingerprint density at radius 3 is 2.37 bits per heavy atom. The van der Waals surface area contributed by atoms with Gasteiger partial charge < -0.3 is 14.8 Å². The van der Waals surface area contributed by atoms with E-state index >= 15 is 0 Å². The van der Waals surface area contributed by atoms with E-state index in [1.165, 1.54) is 25.7 Å². The van der Waals surface area contributed by atoms with E-state index in [0.717, 1.165) is 37.4 Å². The zero-order valence-corrected chi connectivity index (χ0v) is 19.1. The summed E-state index contributed by atoms with van der Waals surface area (Å²) in [4.78, 5) is 24.8. The van der Waals surface area contributed by atoms with E-state index in [0.29, 0.717) is 6.42 Å². The summed E-state index contributed by atoms with van der Waals surface area (Å²) >= 11 is 3.39. The number of unbranched alkanes of at least 4 members (excludes halogenated alkanes) is 6. The average molecular weight is 448 g/mol. The molecule has 158 valence electrons. The first-order valence-electron chi connectivity index (χ1n) is 10.5. The molecule has 6 heteroatoms. The molecule has 3 atom stereocenters. The second-order valence-corrected chi connectivity index (χ2v) is 9.28. The number of ether oxygens (including phenoxy) is 2. The molecule has 1 aliphatic rings. The molecule has 1 N–H and O–H groups in total. The molecule has 0 spiro atoms. The fourth-order valence-electron chi connectivity index (χ4n) is 3.06. The van der Waals surface area contributed by atoms with Gasteiger partial charge in [-0.1, -0.05) is 61.4 Å². The molecule has 0 aromatic heterocycles. The fraction of sp³-hybridized carbons (Fsp3) is 0.905. The van der Waals surface area contributed by atoms with Gasteiger partial charge in [-0.15, -0.1) is 0 Å². The van der Waals surface area contributed by atoms with Crippen molar-refractivity contribution in [1.82, 2.24) is 5.32 Å². The zero-order valence-electron chi connectivity index (χ0n) is 17.5. The maximum atomic E-state index is 12.6. The molecule has 0 aliphatic carbocycles. The van der Waals surface area contributed by atoms with Crippen LogP contribution in [0.5, 0.6) is 0 Å². The summed E-state index contributed by atoms with van der Waals surface area (Å²) in [5, 5.41) is 3.86. The Balaban J connectivity index is 2.49. The van der Waals surface area contributed by atoms with Gasteiger partial charge in [-0.2, -0.15) is 0 Å². The van der Waals surface area contributed by atoms with E-state index in [1.54, 1.807) is 0 Å². The maximum Gasteiger partial charge on any atom is 0.306 e. The molecule has 0 aromatic carbocycles. The standard InChI is InChI=1S/C21H38BrNO4/c1-5-6-7-8-10-13-16-18(26-16)19(20(25)23-21(2,3)4)27-17(24)14-11-9-12-15-22/h16,18-19H,5-15H2,1-4H3,(H,23,25)/t16-,18+,19?/m1/s1. The Bertz CT molecular complexity index is 450. The number of alkyl halides is 1. The largest absolute Gasteiger partial charge is 0.449 e. The summed E-state index contributed by atoms with van der Waals surface area (Å²) in [6.45, 7) is 7.96. The van der Waals surface area contributed by atoms with E-state index in [1.807, 2.05) is 20.8 Å². The molecule has 1 unspecified atom stereocenters. The van der Waals surface area contributed by atoms with E-state index in [2.05, 4.69) is 28.2 Å². The number of nitrogens with one attached hydrogen (secondary N) is 1. The minimum atomic E-state index is -0.839. The third kappa shape index (κ3) is 11.1. The lowest BCUT2D eigenvalue weighted by Gasteiger charge is -2.24. The highest BCUT2D eigenvalue weighted by atomic mass is 79.9. The third-order valence-corrected chi connectivity index (χ3v) is 5.10. The Hall–Kier alpha value is -0.620. The highest BCUT2D eigenvalue weighted by Gasteiger charge is 2.50. The van der Waals surface area contributed by atoms with Gasteiger partial charge in [0.2, 0.25) is 6.10 Å². The highest BCUT2D eigenvalue weighted by molar-refractivity contribution is 9.09. The Morgan fingerprint density at radius 2 is 1.74 bits per heavy atom. The Labute approximate surface area is 173 Å². The Morgan fingerprint density at radius 1 is 1.07 bits per heavy atom. The molecule has 1 fully saturated rings. The molecule has 0 bridgehead atoms. The minimum absolute atomic E-state index is 0.0311. The van der Waals surface area contributed by atoms with Gasteiger partial charge in [0, 0.05) is 17.3 Å². The monoisotopic (exact) mass is 447 g/mol. The lowest BCUT2D eigenvalue weighted by Crippen LogP contribution is -2.49. The van der Waals surface area contributed by atoms with Crippen LogP contribution in [-0.2, 0) is 19.1 Å². The number of hydrogen-bond donors (Lipinski definition) is 1. The first-order valence-corrected chi connectivity index (χ1v) is 11.6. The van der Waals surface area contributed by atoms with E-state index < -0.39 is 6.10 Å². The number of esters is 1. The van der Waals surface area contributed by atoms with Crippen molar-refractivity contribution in [2.24, 2.45) is 0 Å². The van der Waals surface area contributed by atoms with Crippen molar-refractivity contribution in [2.75, 3.05) is 5.33 Å². The third-order valence-electron chi connectivity index (χ3n) is 4.54. The summed E-state index contributed by atoms with van der Waals surface area (Å²) in [6.07, 6.45) is 8.96. The van der Waals surface area contributed by atoms with Crippen molar-refractivity contribution in [2.45, 2.75) is 116 Å². The molecular weight excluding hydrogens is 410 g/mol. The molecule has 5 nitrogen and oxygen atoms in total. The molecule has 1 rings (SSSR count). The molecule has 1 saturated heterocycles.